The highest BCUT2D eigenvalue weighted by molar-refractivity contribution is 6.63. The van der Waals surface area contributed by atoms with Crippen LogP contribution in [-0.4, -0.2) is 5.24 Å². The van der Waals surface area contributed by atoms with E-state index >= 15 is 0 Å². The van der Waals surface area contributed by atoms with Gasteiger partial charge in [0.1, 0.15) is 0 Å². The van der Waals surface area contributed by atoms with Crippen molar-refractivity contribution in [1.82, 2.24) is 0 Å². The molecular formula is C11H12Cl2O. The van der Waals surface area contributed by atoms with E-state index in [1.807, 2.05) is 24.3 Å². The van der Waals surface area contributed by atoms with Gasteiger partial charge < -0.3 is 0 Å². The van der Waals surface area contributed by atoms with Crippen LogP contribution in [0.5, 0.6) is 0 Å². The molecule has 0 amide bonds. The Labute approximate surface area is 94.0 Å². The second kappa shape index (κ2) is 5.38. The van der Waals surface area contributed by atoms with Crippen LogP contribution in [0, 0.1) is 0 Å². The molecule has 0 saturated heterocycles. The fraction of sp³-hybridized carbons (Fsp3) is 0.364. The minimum atomic E-state index is -0.272. The largest absolute Gasteiger partial charge is 0.281 e. The van der Waals surface area contributed by atoms with Gasteiger partial charge in [0.05, 0.1) is 0 Å². The minimum Gasteiger partial charge on any atom is -0.281 e. The third kappa shape index (κ3) is 3.69. The number of benzene rings is 1. The predicted octanol–water partition coefficient (Wildman–Crippen LogP) is 3.99. The van der Waals surface area contributed by atoms with Crippen LogP contribution in [0.2, 0.25) is 5.02 Å². The first-order chi connectivity index (χ1) is 6.59. The van der Waals surface area contributed by atoms with E-state index in [4.69, 9.17) is 23.2 Å². The fourth-order valence-electron chi connectivity index (χ4n) is 1.29. The van der Waals surface area contributed by atoms with Gasteiger partial charge in [0.2, 0.25) is 5.24 Å². The molecule has 0 aliphatic carbocycles. The summed E-state index contributed by atoms with van der Waals surface area (Å²) in [7, 11) is 0. The van der Waals surface area contributed by atoms with Gasteiger partial charge in [0.15, 0.2) is 0 Å². The van der Waals surface area contributed by atoms with Gasteiger partial charge in [0, 0.05) is 11.4 Å². The molecule has 1 aromatic rings. The molecule has 0 spiro atoms. The van der Waals surface area contributed by atoms with Crippen molar-refractivity contribution in [2.45, 2.75) is 25.7 Å². The fourth-order valence-corrected chi connectivity index (χ4v) is 1.52. The van der Waals surface area contributed by atoms with E-state index in [1.54, 1.807) is 0 Å². The van der Waals surface area contributed by atoms with Crippen molar-refractivity contribution in [2.75, 3.05) is 0 Å². The molecule has 1 nitrogen and oxygen atoms in total. The van der Waals surface area contributed by atoms with Gasteiger partial charge in [-0.25, -0.2) is 0 Å². The molecular weight excluding hydrogens is 219 g/mol. The molecule has 1 rings (SSSR count). The lowest BCUT2D eigenvalue weighted by molar-refractivity contribution is -0.111. The summed E-state index contributed by atoms with van der Waals surface area (Å²) in [6.45, 7) is 2.07. The van der Waals surface area contributed by atoms with Crippen molar-refractivity contribution in [3.63, 3.8) is 0 Å². The van der Waals surface area contributed by atoms with Crippen molar-refractivity contribution < 1.29 is 4.79 Å². The maximum absolute atomic E-state index is 10.6. The highest BCUT2D eigenvalue weighted by Crippen LogP contribution is 2.22. The van der Waals surface area contributed by atoms with Crippen LogP contribution in [-0.2, 0) is 4.79 Å². The average Bonchev–Trinajstić information content (AvgIpc) is 2.15. The van der Waals surface area contributed by atoms with Gasteiger partial charge in [-0.1, -0.05) is 30.7 Å². The zero-order valence-corrected chi connectivity index (χ0v) is 9.48. The Kier molecular flexibility index (Phi) is 4.43. The monoisotopic (exact) mass is 230 g/mol. The number of hydrogen-bond donors (Lipinski definition) is 0. The van der Waals surface area contributed by atoms with Crippen molar-refractivity contribution >= 4 is 28.4 Å². The van der Waals surface area contributed by atoms with Gasteiger partial charge in [-0.15, -0.1) is 0 Å². The Hall–Kier alpha value is -0.530. The maximum atomic E-state index is 10.6. The third-order valence-corrected chi connectivity index (χ3v) is 2.65. The van der Waals surface area contributed by atoms with Crippen LogP contribution in [0.25, 0.3) is 0 Å². The van der Waals surface area contributed by atoms with Crippen LogP contribution in [0.3, 0.4) is 0 Å². The number of hydrogen-bond acceptors (Lipinski definition) is 1. The molecule has 1 unspecified atom stereocenters. The van der Waals surface area contributed by atoms with Gasteiger partial charge in [-0.05, 0) is 41.6 Å². The standard InChI is InChI=1S/C11H12Cl2O/c1-8(2-7-11(13)14)9-3-5-10(12)6-4-9/h3-6,8H,2,7H2,1H3. The molecule has 76 valence electrons. The molecule has 1 atom stereocenters. The highest BCUT2D eigenvalue weighted by atomic mass is 35.5. The molecule has 0 aromatic heterocycles. The Morgan fingerprint density at radius 2 is 1.93 bits per heavy atom. The van der Waals surface area contributed by atoms with Crippen LogP contribution in [0.15, 0.2) is 24.3 Å². The number of rotatable bonds is 4. The zero-order chi connectivity index (χ0) is 10.6. The second-order valence-corrected chi connectivity index (χ2v) is 4.20. The van der Waals surface area contributed by atoms with E-state index in [2.05, 4.69) is 6.92 Å². The summed E-state index contributed by atoms with van der Waals surface area (Å²) >= 11 is 11.0. The van der Waals surface area contributed by atoms with E-state index < -0.39 is 0 Å². The van der Waals surface area contributed by atoms with E-state index in [9.17, 15) is 4.79 Å². The predicted molar refractivity (Wildman–Crippen MR) is 60.0 cm³/mol. The smallest absolute Gasteiger partial charge is 0.221 e. The van der Waals surface area contributed by atoms with E-state index in [0.29, 0.717) is 12.3 Å². The molecule has 3 heteroatoms. The highest BCUT2D eigenvalue weighted by Gasteiger charge is 2.07. The van der Waals surface area contributed by atoms with Crippen LogP contribution in [0.1, 0.15) is 31.2 Å². The number of carbonyl (C=O) groups excluding carboxylic acids is 1. The molecule has 14 heavy (non-hydrogen) atoms. The molecule has 0 aliphatic rings. The molecule has 0 N–H and O–H groups in total. The zero-order valence-electron chi connectivity index (χ0n) is 7.97. The minimum absolute atomic E-state index is 0.272. The van der Waals surface area contributed by atoms with Gasteiger partial charge in [-0.3, -0.25) is 4.79 Å². The molecule has 0 heterocycles. The molecule has 0 fully saturated rings. The summed E-state index contributed by atoms with van der Waals surface area (Å²) in [4.78, 5) is 10.6. The normalized spacial score (nSPS) is 12.5. The molecule has 0 aliphatic heterocycles. The third-order valence-electron chi connectivity index (χ3n) is 2.21. The second-order valence-electron chi connectivity index (χ2n) is 3.35. The van der Waals surface area contributed by atoms with Crippen molar-refractivity contribution in [2.24, 2.45) is 0 Å². The molecule has 0 bridgehead atoms. The van der Waals surface area contributed by atoms with Crippen molar-refractivity contribution in [3.8, 4) is 0 Å². The van der Waals surface area contributed by atoms with Crippen LogP contribution < -0.4 is 0 Å². The Bertz CT molecular complexity index is 306. The summed E-state index contributed by atoms with van der Waals surface area (Å²) in [6.07, 6.45) is 1.20. The summed E-state index contributed by atoms with van der Waals surface area (Å²) in [5.74, 6) is 0.343. The van der Waals surface area contributed by atoms with Crippen molar-refractivity contribution in [1.29, 1.82) is 0 Å². The Balaban J connectivity index is 2.56. The lowest BCUT2D eigenvalue weighted by Crippen LogP contribution is -1.96. The van der Waals surface area contributed by atoms with E-state index in [1.165, 1.54) is 5.56 Å². The van der Waals surface area contributed by atoms with Crippen LogP contribution in [0.4, 0.5) is 0 Å². The SMILES string of the molecule is CC(CCC(=O)Cl)c1ccc(Cl)cc1. The molecule has 0 radical (unpaired) electrons. The first-order valence-electron chi connectivity index (χ1n) is 4.53. The van der Waals surface area contributed by atoms with E-state index in [0.717, 1.165) is 11.4 Å². The summed E-state index contributed by atoms with van der Waals surface area (Å²) in [5.41, 5.74) is 1.19. The first kappa shape index (κ1) is 11.5. The summed E-state index contributed by atoms with van der Waals surface area (Å²) < 4.78 is 0. The molecule has 0 saturated carbocycles. The van der Waals surface area contributed by atoms with Gasteiger partial charge in [0.25, 0.3) is 0 Å². The van der Waals surface area contributed by atoms with Crippen molar-refractivity contribution in [3.05, 3.63) is 34.9 Å². The number of carbonyl (C=O) groups is 1. The Morgan fingerprint density at radius 1 is 1.36 bits per heavy atom. The lowest BCUT2D eigenvalue weighted by atomic mass is 9.97. The lowest BCUT2D eigenvalue weighted by Gasteiger charge is -2.09. The van der Waals surface area contributed by atoms with Gasteiger partial charge >= 0.3 is 0 Å². The first-order valence-corrected chi connectivity index (χ1v) is 5.29. The number of halogens is 2. The summed E-state index contributed by atoms with van der Waals surface area (Å²) in [5, 5.41) is 0.459. The maximum Gasteiger partial charge on any atom is 0.221 e. The average molecular weight is 231 g/mol. The Morgan fingerprint density at radius 3 is 2.43 bits per heavy atom. The topological polar surface area (TPSA) is 17.1 Å². The van der Waals surface area contributed by atoms with Crippen LogP contribution >= 0.6 is 23.2 Å². The quantitative estimate of drug-likeness (QED) is 0.716. The summed E-state index contributed by atoms with van der Waals surface area (Å²) in [6, 6.07) is 7.67. The van der Waals surface area contributed by atoms with E-state index in [-0.39, 0.29) is 5.24 Å². The van der Waals surface area contributed by atoms with Gasteiger partial charge in [-0.2, -0.15) is 0 Å². The molecule has 1 aromatic carbocycles.